The zero-order valence-electron chi connectivity index (χ0n) is 17.9. The lowest BCUT2D eigenvalue weighted by Crippen LogP contribution is -2.44. The Morgan fingerprint density at radius 1 is 1.13 bits per heavy atom. The summed E-state index contributed by atoms with van der Waals surface area (Å²) in [5.41, 5.74) is 3.84. The Balaban J connectivity index is 1.63. The molecule has 0 radical (unpaired) electrons. The van der Waals surface area contributed by atoms with Gasteiger partial charge in [0.05, 0.1) is 18.2 Å². The molecule has 30 heavy (non-hydrogen) atoms. The molecule has 0 bridgehead atoms. The van der Waals surface area contributed by atoms with Crippen molar-refractivity contribution in [1.82, 2.24) is 9.88 Å². The molecular formula is C25H29FN2O2. The summed E-state index contributed by atoms with van der Waals surface area (Å²) < 4.78 is 20.0. The van der Waals surface area contributed by atoms with Gasteiger partial charge in [-0.05, 0) is 82.0 Å². The molecule has 158 valence electrons. The van der Waals surface area contributed by atoms with Crippen molar-refractivity contribution in [3.63, 3.8) is 0 Å². The predicted octanol–water partition coefficient (Wildman–Crippen LogP) is 4.72. The number of halogens is 1. The van der Waals surface area contributed by atoms with Crippen molar-refractivity contribution in [2.24, 2.45) is 0 Å². The average molecular weight is 409 g/mol. The molecule has 0 saturated carbocycles. The standard InChI is InChI=1S/C25H29FN2O2/c1-17-14-19-4-9-23(29)27-24(19)22(15-17)18(2)30-16-25(10-12-28(3)13-11-25)20-5-7-21(26)8-6-20/h4-9,14-15,18H,10-13,16H2,1-3H3,(H,27,29). The lowest BCUT2D eigenvalue weighted by Gasteiger charge is -2.41. The van der Waals surface area contributed by atoms with E-state index in [1.54, 1.807) is 6.07 Å². The van der Waals surface area contributed by atoms with Gasteiger partial charge in [-0.3, -0.25) is 4.79 Å². The number of benzene rings is 2. The van der Waals surface area contributed by atoms with Crippen molar-refractivity contribution in [1.29, 1.82) is 0 Å². The van der Waals surface area contributed by atoms with E-state index in [2.05, 4.69) is 36.0 Å². The predicted molar refractivity (Wildman–Crippen MR) is 118 cm³/mol. The highest BCUT2D eigenvalue weighted by Gasteiger charge is 2.36. The van der Waals surface area contributed by atoms with Gasteiger partial charge in [-0.2, -0.15) is 0 Å². The van der Waals surface area contributed by atoms with Crippen LogP contribution in [0.25, 0.3) is 10.9 Å². The molecule has 3 aromatic rings. The van der Waals surface area contributed by atoms with Crippen LogP contribution in [0, 0.1) is 12.7 Å². The summed E-state index contributed by atoms with van der Waals surface area (Å²) in [6.45, 7) is 6.61. The molecule has 1 N–H and O–H groups in total. The molecule has 0 spiro atoms. The van der Waals surface area contributed by atoms with Crippen molar-refractivity contribution in [2.45, 2.75) is 38.2 Å². The number of nitrogens with one attached hydrogen (secondary N) is 1. The summed E-state index contributed by atoms with van der Waals surface area (Å²) in [7, 11) is 2.13. The number of hydrogen-bond donors (Lipinski definition) is 1. The maximum Gasteiger partial charge on any atom is 0.248 e. The van der Waals surface area contributed by atoms with Gasteiger partial charge in [0.2, 0.25) is 5.56 Å². The van der Waals surface area contributed by atoms with Gasteiger partial charge in [-0.15, -0.1) is 0 Å². The molecule has 2 aromatic carbocycles. The van der Waals surface area contributed by atoms with Crippen LogP contribution in [-0.4, -0.2) is 36.6 Å². The van der Waals surface area contributed by atoms with E-state index in [9.17, 15) is 9.18 Å². The fourth-order valence-corrected chi connectivity index (χ4v) is 4.51. The SMILES string of the molecule is Cc1cc(C(C)OCC2(c3ccc(F)cc3)CCN(C)CC2)c2[nH]c(=O)ccc2c1. The molecule has 0 amide bonds. The van der Waals surface area contributed by atoms with E-state index >= 15 is 0 Å². The smallest absolute Gasteiger partial charge is 0.248 e. The van der Waals surface area contributed by atoms with E-state index in [0.717, 1.165) is 53.5 Å². The first-order valence-electron chi connectivity index (χ1n) is 10.6. The number of H-pyrrole nitrogens is 1. The van der Waals surface area contributed by atoms with Crippen LogP contribution < -0.4 is 5.56 Å². The number of rotatable bonds is 5. The van der Waals surface area contributed by atoms with Gasteiger partial charge in [-0.25, -0.2) is 4.39 Å². The molecular weight excluding hydrogens is 379 g/mol. The third kappa shape index (κ3) is 4.18. The molecule has 5 heteroatoms. The average Bonchev–Trinajstić information content (AvgIpc) is 2.74. The molecule has 4 rings (SSSR count). The lowest BCUT2D eigenvalue weighted by atomic mass is 9.73. The second-order valence-electron chi connectivity index (χ2n) is 8.68. The number of piperidine rings is 1. The van der Waals surface area contributed by atoms with Crippen molar-refractivity contribution in [3.05, 3.63) is 81.4 Å². The Bertz CT molecular complexity index is 1080. The molecule has 1 aromatic heterocycles. The van der Waals surface area contributed by atoms with Crippen LogP contribution in [0.3, 0.4) is 0 Å². The van der Waals surface area contributed by atoms with Gasteiger partial charge in [0.25, 0.3) is 0 Å². The van der Waals surface area contributed by atoms with Gasteiger partial charge >= 0.3 is 0 Å². The van der Waals surface area contributed by atoms with E-state index in [1.807, 2.05) is 25.1 Å². The second-order valence-corrected chi connectivity index (χ2v) is 8.68. The van der Waals surface area contributed by atoms with Gasteiger partial charge in [0, 0.05) is 17.0 Å². The van der Waals surface area contributed by atoms with E-state index in [1.165, 1.54) is 12.1 Å². The molecule has 1 atom stereocenters. The number of hydrogen-bond acceptors (Lipinski definition) is 3. The fraction of sp³-hybridized carbons (Fsp3) is 0.400. The first-order valence-corrected chi connectivity index (χ1v) is 10.6. The fourth-order valence-electron chi connectivity index (χ4n) is 4.51. The summed E-state index contributed by atoms with van der Waals surface area (Å²) >= 11 is 0. The van der Waals surface area contributed by atoms with E-state index in [0.29, 0.717) is 6.61 Å². The summed E-state index contributed by atoms with van der Waals surface area (Å²) in [6, 6.07) is 14.4. The van der Waals surface area contributed by atoms with Gasteiger partial charge < -0.3 is 14.6 Å². The molecule has 2 heterocycles. The first-order chi connectivity index (χ1) is 14.4. The van der Waals surface area contributed by atoms with Crippen molar-refractivity contribution < 1.29 is 9.13 Å². The molecule has 1 saturated heterocycles. The Morgan fingerprint density at radius 2 is 1.83 bits per heavy atom. The number of nitrogens with zero attached hydrogens (tertiary/aromatic N) is 1. The summed E-state index contributed by atoms with van der Waals surface area (Å²) in [4.78, 5) is 17.2. The maximum atomic E-state index is 13.5. The topological polar surface area (TPSA) is 45.3 Å². The molecule has 0 aliphatic carbocycles. The number of ether oxygens (including phenoxy) is 1. The van der Waals surface area contributed by atoms with Crippen LogP contribution in [0.5, 0.6) is 0 Å². The molecule has 1 unspecified atom stereocenters. The third-order valence-corrected chi connectivity index (χ3v) is 6.45. The number of likely N-dealkylation sites (tertiary alicyclic amines) is 1. The number of aromatic nitrogens is 1. The minimum absolute atomic E-state index is 0.113. The van der Waals surface area contributed by atoms with Crippen LogP contribution in [0.4, 0.5) is 4.39 Å². The maximum absolute atomic E-state index is 13.5. The quantitative estimate of drug-likeness (QED) is 0.665. The Labute approximate surface area is 176 Å². The normalized spacial score (nSPS) is 17.9. The van der Waals surface area contributed by atoms with Crippen molar-refractivity contribution >= 4 is 10.9 Å². The molecule has 1 aliphatic heterocycles. The highest BCUT2D eigenvalue weighted by Crippen LogP contribution is 2.37. The highest BCUT2D eigenvalue weighted by molar-refractivity contribution is 5.82. The molecule has 4 nitrogen and oxygen atoms in total. The van der Waals surface area contributed by atoms with Gasteiger partial charge in [0.15, 0.2) is 0 Å². The van der Waals surface area contributed by atoms with Crippen molar-refractivity contribution in [3.8, 4) is 0 Å². The third-order valence-electron chi connectivity index (χ3n) is 6.45. The zero-order chi connectivity index (χ0) is 21.3. The van der Waals surface area contributed by atoms with Crippen LogP contribution in [0.2, 0.25) is 0 Å². The second kappa shape index (κ2) is 8.32. The van der Waals surface area contributed by atoms with Crippen molar-refractivity contribution in [2.75, 3.05) is 26.7 Å². The highest BCUT2D eigenvalue weighted by atomic mass is 19.1. The van der Waals surface area contributed by atoms with Crippen LogP contribution in [-0.2, 0) is 10.2 Å². The van der Waals surface area contributed by atoms with Crippen LogP contribution in [0.1, 0.15) is 42.6 Å². The summed E-state index contributed by atoms with van der Waals surface area (Å²) in [5, 5.41) is 1.01. The molecule has 1 fully saturated rings. The number of aromatic amines is 1. The minimum atomic E-state index is -0.216. The number of fused-ring (bicyclic) bond motifs is 1. The first kappa shape index (κ1) is 20.8. The number of aryl methyl sites for hydroxylation is 1. The summed E-state index contributed by atoms with van der Waals surface area (Å²) in [6.07, 6.45) is 1.75. The Morgan fingerprint density at radius 3 is 2.53 bits per heavy atom. The Kier molecular flexibility index (Phi) is 5.76. The van der Waals surface area contributed by atoms with E-state index in [-0.39, 0.29) is 22.9 Å². The molecule has 1 aliphatic rings. The Hall–Kier alpha value is -2.50. The summed E-state index contributed by atoms with van der Waals surface area (Å²) in [5.74, 6) is -0.216. The van der Waals surface area contributed by atoms with Gasteiger partial charge in [-0.1, -0.05) is 23.8 Å². The monoisotopic (exact) mass is 408 g/mol. The zero-order valence-corrected chi connectivity index (χ0v) is 17.9. The van der Waals surface area contributed by atoms with Gasteiger partial charge in [0.1, 0.15) is 5.82 Å². The van der Waals surface area contributed by atoms with E-state index in [4.69, 9.17) is 4.74 Å². The van der Waals surface area contributed by atoms with Crippen LogP contribution >= 0.6 is 0 Å². The minimum Gasteiger partial charge on any atom is -0.373 e. The number of pyridine rings is 1. The largest absolute Gasteiger partial charge is 0.373 e. The lowest BCUT2D eigenvalue weighted by molar-refractivity contribution is 0.00694. The van der Waals surface area contributed by atoms with Crippen LogP contribution in [0.15, 0.2) is 53.3 Å². The van der Waals surface area contributed by atoms with E-state index < -0.39 is 0 Å².